The molecule has 2 amide bonds. The summed E-state index contributed by atoms with van der Waals surface area (Å²) in [5, 5.41) is 2.66. The highest BCUT2D eigenvalue weighted by Gasteiger charge is 2.21. The van der Waals surface area contributed by atoms with Gasteiger partial charge in [0.2, 0.25) is 11.8 Å². The monoisotopic (exact) mass is 346 g/mol. The number of benzene rings is 1. The Morgan fingerprint density at radius 3 is 2.52 bits per heavy atom. The Kier molecular flexibility index (Phi) is 7.40. The van der Waals surface area contributed by atoms with Gasteiger partial charge in [-0.15, -0.1) is 0 Å². The molecule has 0 saturated carbocycles. The van der Waals surface area contributed by atoms with Gasteiger partial charge in [0.15, 0.2) is 0 Å². The second kappa shape index (κ2) is 9.53. The molecular formula is C19H30N4O2. The van der Waals surface area contributed by atoms with Crippen molar-refractivity contribution in [2.24, 2.45) is 11.7 Å². The number of carbonyl (C=O) groups excluding carboxylic acids is 2. The zero-order valence-corrected chi connectivity index (χ0v) is 15.3. The predicted octanol–water partition coefficient (Wildman–Crippen LogP) is 0.820. The first-order chi connectivity index (χ1) is 12.0. The Hall–Kier alpha value is -1.92. The lowest BCUT2D eigenvalue weighted by atomic mass is 10.1. The second-order valence-electron chi connectivity index (χ2n) is 6.98. The van der Waals surface area contributed by atoms with E-state index in [9.17, 15) is 9.59 Å². The molecule has 1 aromatic carbocycles. The molecule has 1 fully saturated rings. The summed E-state index contributed by atoms with van der Waals surface area (Å²) in [6.07, 6.45) is 0.942. The van der Waals surface area contributed by atoms with Crippen LogP contribution in [0.3, 0.4) is 0 Å². The van der Waals surface area contributed by atoms with Crippen molar-refractivity contribution in [2.75, 3.05) is 32.7 Å². The minimum Gasteiger partial charge on any atom is -0.346 e. The van der Waals surface area contributed by atoms with Gasteiger partial charge in [-0.3, -0.25) is 14.5 Å². The molecular weight excluding hydrogens is 316 g/mol. The number of nitrogens with zero attached hydrogens (tertiary/aromatic N) is 2. The van der Waals surface area contributed by atoms with Crippen molar-refractivity contribution in [2.45, 2.75) is 32.9 Å². The average molecular weight is 346 g/mol. The lowest BCUT2D eigenvalue weighted by molar-refractivity contribution is -0.133. The van der Waals surface area contributed by atoms with E-state index in [1.54, 1.807) is 0 Å². The maximum Gasteiger partial charge on any atom is 0.242 e. The van der Waals surface area contributed by atoms with Crippen molar-refractivity contribution >= 4 is 11.8 Å². The van der Waals surface area contributed by atoms with Crippen LogP contribution in [0.25, 0.3) is 0 Å². The number of nitrogens with two attached hydrogens (primary N) is 1. The summed E-state index contributed by atoms with van der Waals surface area (Å²) >= 11 is 0. The fourth-order valence-corrected chi connectivity index (χ4v) is 2.92. The minimum absolute atomic E-state index is 0.0257. The summed E-state index contributed by atoms with van der Waals surface area (Å²) in [7, 11) is 0. The number of nitrogens with one attached hydrogen (secondary N) is 1. The quantitative estimate of drug-likeness (QED) is 0.799. The molecule has 1 aliphatic heterocycles. The van der Waals surface area contributed by atoms with Gasteiger partial charge in [0.25, 0.3) is 0 Å². The lowest BCUT2D eigenvalue weighted by Crippen LogP contribution is -2.48. The van der Waals surface area contributed by atoms with E-state index in [0.717, 1.165) is 32.6 Å². The van der Waals surface area contributed by atoms with Crippen LogP contribution in [0.2, 0.25) is 0 Å². The largest absolute Gasteiger partial charge is 0.346 e. The Morgan fingerprint density at radius 1 is 1.12 bits per heavy atom. The fourth-order valence-electron chi connectivity index (χ4n) is 2.92. The van der Waals surface area contributed by atoms with Crippen molar-refractivity contribution in [1.29, 1.82) is 0 Å². The van der Waals surface area contributed by atoms with E-state index in [4.69, 9.17) is 5.73 Å². The molecule has 0 spiro atoms. The van der Waals surface area contributed by atoms with E-state index in [2.05, 4.69) is 22.3 Å². The van der Waals surface area contributed by atoms with Gasteiger partial charge in [-0.1, -0.05) is 44.2 Å². The molecule has 1 heterocycles. The molecule has 1 atom stereocenters. The Labute approximate surface area is 150 Å². The third-order valence-corrected chi connectivity index (χ3v) is 4.63. The van der Waals surface area contributed by atoms with Gasteiger partial charge in [-0.2, -0.15) is 0 Å². The number of hydrogen-bond acceptors (Lipinski definition) is 4. The first-order valence-corrected chi connectivity index (χ1v) is 9.04. The first-order valence-electron chi connectivity index (χ1n) is 9.04. The molecule has 0 bridgehead atoms. The van der Waals surface area contributed by atoms with Crippen molar-refractivity contribution in [1.82, 2.24) is 15.1 Å². The van der Waals surface area contributed by atoms with Gasteiger partial charge in [0.05, 0.1) is 12.6 Å². The zero-order valence-electron chi connectivity index (χ0n) is 15.3. The van der Waals surface area contributed by atoms with Gasteiger partial charge < -0.3 is 16.0 Å². The van der Waals surface area contributed by atoms with E-state index in [1.807, 2.05) is 36.9 Å². The van der Waals surface area contributed by atoms with E-state index in [1.165, 1.54) is 5.56 Å². The van der Waals surface area contributed by atoms with Crippen LogP contribution in [0.5, 0.6) is 0 Å². The van der Waals surface area contributed by atoms with E-state index in [-0.39, 0.29) is 24.3 Å². The van der Waals surface area contributed by atoms with Gasteiger partial charge in [-0.05, 0) is 17.9 Å². The molecule has 6 nitrogen and oxygen atoms in total. The van der Waals surface area contributed by atoms with Crippen LogP contribution in [0.1, 0.15) is 25.8 Å². The first kappa shape index (κ1) is 19.4. The summed E-state index contributed by atoms with van der Waals surface area (Å²) in [4.78, 5) is 28.5. The van der Waals surface area contributed by atoms with Crippen LogP contribution in [-0.4, -0.2) is 60.4 Å². The van der Waals surface area contributed by atoms with Gasteiger partial charge >= 0.3 is 0 Å². The molecule has 138 valence electrons. The van der Waals surface area contributed by atoms with E-state index in [0.29, 0.717) is 6.54 Å². The number of amides is 2. The summed E-state index contributed by atoms with van der Waals surface area (Å²) in [6, 6.07) is 9.80. The summed E-state index contributed by atoms with van der Waals surface area (Å²) in [6.45, 7) is 7.96. The smallest absolute Gasteiger partial charge is 0.242 e. The van der Waals surface area contributed by atoms with Crippen molar-refractivity contribution in [3.8, 4) is 0 Å². The van der Waals surface area contributed by atoms with Crippen molar-refractivity contribution in [3.05, 3.63) is 35.9 Å². The van der Waals surface area contributed by atoms with Crippen LogP contribution in [0.15, 0.2) is 30.3 Å². The third-order valence-electron chi connectivity index (χ3n) is 4.63. The predicted molar refractivity (Wildman–Crippen MR) is 98.7 cm³/mol. The van der Waals surface area contributed by atoms with E-state index >= 15 is 0 Å². The molecule has 0 unspecified atom stereocenters. The number of rotatable bonds is 6. The highest BCUT2D eigenvalue weighted by Crippen LogP contribution is 2.09. The lowest BCUT2D eigenvalue weighted by Gasteiger charge is -2.23. The Morgan fingerprint density at radius 2 is 1.84 bits per heavy atom. The fraction of sp³-hybridized carbons (Fsp3) is 0.579. The summed E-state index contributed by atoms with van der Waals surface area (Å²) in [5.41, 5.74) is 7.09. The maximum absolute atomic E-state index is 12.4. The maximum atomic E-state index is 12.4. The van der Waals surface area contributed by atoms with Crippen LogP contribution in [0.4, 0.5) is 0 Å². The Bertz CT molecular complexity index is 562. The molecule has 25 heavy (non-hydrogen) atoms. The Balaban J connectivity index is 1.78. The SMILES string of the molecule is CC(C)[C@H](N)C(=O)NCC(=O)N1CCCN(Cc2ccccc2)CC1. The molecule has 0 aromatic heterocycles. The van der Waals surface area contributed by atoms with Crippen LogP contribution < -0.4 is 11.1 Å². The zero-order chi connectivity index (χ0) is 18.2. The summed E-state index contributed by atoms with van der Waals surface area (Å²) in [5.74, 6) is -0.241. The normalized spacial score (nSPS) is 17.2. The van der Waals surface area contributed by atoms with Gasteiger partial charge in [-0.25, -0.2) is 0 Å². The highest BCUT2D eigenvalue weighted by atomic mass is 16.2. The molecule has 3 N–H and O–H groups in total. The standard InChI is InChI=1S/C19H30N4O2/c1-15(2)18(20)19(25)21-13-17(24)23-10-6-9-22(11-12-23)14-16-7-4-3-5-8-16/h3-5,7-8,15,18H,6,9-14,20H2,1-2H3,(H,21,25)/t18-/m0/s1. The van der Waals surface area contributed by atoms with Crippen LogP contribution in [0, 0.1) is 5.92 Å². The molecule has 1 saturated heterocycles. The van der Waals surface area contributed by atoms with Crippen LogP contribution in [-0.2, 0) is 16.1 Å². The highest BCUT2D eigenvalue weighted by molar-refractivity contribution is 5.87. The van der Waals surface area contributed by atoms with Crippen molar-refractivity contribution in [3.63, 3.8) is 0 Å². The third kappa shape index (κ3) is 6.14. The van der Waals surface area contributed by atoms with Gasteiger partial charge in [0.1, 0.15) is 0 Å². The molecule has 1 aliphatic rings. The summed E-state index contributed by atoms with van der Waals surface area (Å²) < 4.78 is 0. The molecule has 0 aliphatic carbocycles. The second-order valence-corrected chi connectivity index (χ2v) is 6.98. The molecule has 2 rings (SSSR count). The topological polar surface area (TPSA) is 78.7 Å². The van der Waals surface area contributed by atoms with Crippen LogP contribution >= 0.6 is 0 Å². The number of carbonyl (C=O) groups is 2. The number of hydrogen-bond donors (Lipinski definition) is 2. The molecule has 1 aromatic rings. The van der Waals surface area contributed by atoms with Gasteiger partial charge in [0, 0.05) is 32.7 Å². The molecule has 0 radical (unpaired) electrons. The van der Waals surface area contributed by atoms with Crippen molar-refractivity contribution < 1.29 is 9.59 Å². The minimum atomic E-state index is -0.571. The molecule has 6 heteroatoms. The van der Waals surface area contributed by atoms with E-state index < -0.39 is 6.04 Å². The average Bonchev–Trinajstić information content (AvgIpc) is 2.85.